The summed E-state index contributed by atoms with van der Waals surface area (Å²) in [5, 5.41) is 6.14. The van der Waals surface area contributed by atoms with Crippen LogP contribution >= 0.6 is 12.4 Å². The number of nitrogens with one attached hydrogen (secondary N) is 2. The lowest BCUT2D eigenvalue weighted by Gasteiger charge is -2.27. The van der Waals surface area contributed by atoms with Gasteiger partial charge < -0.3 is 16.4 Å². The second-order valence-corrected chi connectivity index (χ2v) is 5.73. The van der Waals surface area contributed by atoms with Crippen LogP contribution in [-0.4, -0.2) is 24.9 Å². The summed E-state index contributed by atoms with van der Waals surface area (Å²) in [6.07, 6.45) is 2.70. The van der Waals surface area contributed by atoms with Gasteiger partial charge in [-0.3, -0.25) is 9.59 Å². The van der Waals surface area contributed by atoms with Gasteiger partial charge in [-0.25, -0.2) is 0 Å². The summed E-state index contributed by atoms with van der Waals surface area (Å²) in [6.45, 7) is 4.18. The molecule has 0 spiro atoms. The van der Waals surface area contributed by atoms with Gasteiger partial charge in [-0.2, -0.15) is 0 Å². The number of rotatable bonds is 5. The minimum absolute atomic E-state index is 0. The van der Waals surface area contributed by atoms with Gasteiger partial charge in [0.1, 0.15) is 0 Å². The van der Waals surface area contributed by atoms with Crippen LogP contribution in [0.15, 0.2) is 24.3 Å². The molecule has 1 atom stereocenters. The number of hydrogen-bond donors (Lipinski definition) is 3. The number of hydrogen-bond acceptors (Lipinski definition) is 3. The quantitative estimate of drug-likeness (QED) is 0.775. The number of anilines is 1. The molecule has 4 N–H and O–H groups in total. The second kappa shape index (κ2) is 8.76. The molecule has 1 fully saturated rings. The summed E-state index contributed by atoms with van der Waals surface area (Å²) in [6, 6.07) is 6.83. The Labute approximate surface area is 137 Å². The van der Waals surface area contributed by atoms with Crippen molar-refractivity contribution in [2.24, 2.45) is 17.6 Å². The molecule has 1 aliphatic heterocycles. The van der Waals surface area contributed by atoms with Crippen molar-refractivity contribution >= 4 is 29.9 Å². The third-order valence-corrected chi connectivity index (χ3v) is 4.16. The monoisotopic (exact) mass is 325 g/mol. The van der Waals surface area contributed by atoms with Crippen LogP contribution in [0.1, 0.15) is 36.5 Å². The van der Waals surface area contributed by atoms with Crippen molar-refractivity contribution in [2.75, 3.05) is 18.4 Å². The number of benzene rings is 1. The molecule has 1 aromatic rings. The van der Waals surface area contributed by atoms with Crippen molar-refractivity contribution in [3.05, 3.63) is 29.8 Å². The van der Waals surface area contributed by atoms with E-state index in [0.717, 1.165) is 25.9 Å². The van der Waals surface area contributed by atoms with Gasteiger partial charge in [0.2, 0.25) is 5.91 Å². The minimum atomic E-state index is -0.530. The first-order valence-corrected chi connectivity index (χ1v) is 7.47. The third kappa shape index (κ3) is 5.00. The summed E-state index contributed by atoms with van der Waals surface area (Å²) >= 11 is 0. The molecule has 1 aromatic carbocycles. The Morgan fingerprint density at radius 2 is 1.95 bits per heavy atom. The highest BCUT2D eigenvalue weighted by atomic mass is 35.5. The van der Waals surface area contributed by atoms with Crippen LogP contribution in [0.4, 0.5) is 5.69 Å². The van der Waals surface area contributed by atoms with Crippen molar-refractivity contribution in [2.45, 2.75) is 26.2 Å². The normalized spacial score (nSPS) is 16.4. The summed E-state index contributed by atoms with van der Waals surface area (Å²) in [5.41, 5.74) is 6.15. The van der Waals surface area contributed by atoms with E-state index >= 15 is 0 Å². The Kier molecular flexibility index (Phi) is 7.35. The number of carbonyl (C=O) groups is 2. The van der Waals surface area contributed by atoms with Gasteiger partial charge in [0.15, 0.2) is 0 Å². The summed E-state index contributed by atoms with van der Waals surface area (Å²) in [4.78, 5) is 23.5. The summed E-state index contributed by atoms with van der Waals surface area (Å²) < 4.78 is 0. The first-order chi connectivity index (χ1) is 10.1. The number of para-hydroxylation sites is 1. The SMILES string of the molecule is CC(CC(=O)Nc1ccccc1C(N)=O)C1CCNCC1.Cl. The number of amides is 2. The first kappa shape index (κ1) is 18.5. The summed E-state index contributed by atoms with van der Waals surface area (Å²) in [5.74, 6) is 0.336. The molecule has 1 saturated heterocycles. The highest BCUT2D eigenvalue weighted by molar-refractivity contribution is 6.02. The zero-order valence-corrected chi connectivity index (χ0v) is 13.6. The fourth-order valence-corrected chi connectivity index (χ4v) is 2.88. The maximum absolute atomic E-state index is 12.2. The molecule has 122 valence electrons. The molecule has 0 aromatic heterocycles. The molecule has 6 heteroatoms. The van der Waals surface area contributed by atoms with Gasteiger partial charge in [-0.05, 0) is 49.9 Å². The Morgan fingerprint density at radius 1 is 1.32 bits per heavy atom. The number of piperidine rings is 1. The second-order valence-electron chi connectivity index (χ2n) is 5.73. The molecule has 0 radical (unpaired) electrons. The van der Waals surface area contributed by atoms with Crippen LogP contribution < -0.4 is 16.4 Å². The topological polar surface area (TPSA) is 84.2 Å². The van der Waals surface area contributed by atoms with Gasteiger partial charge in [0, 0.05) is 6.42 Å². The number of carbonyl (C=O) groups excluding carboxylic acids is 2. The predicted molar refractivity (Wildman–Crippen MR) is 90.2 cm³/mol. The zero-order valence-electron chi connectivity index (χ0n) is 12.8. The molecule has 0 aliphatic carbocycles. The van der Waals surface area contributed by atoms with E-state index in [9.17, 15) is 9.59 Å². The van der Waals surface area contributed by atoms with Gasteiger partial charge in [0.25, 0.3) is 5.91 Å². The molecule has 5 nitrogen and oxygen atoms in total. The van der Waals surface area contributed by atoms with Crippen molar-refractivity contribution < 1.29 is 9.59 Å². The lowest BCUT2D eigenvalue weighted by molar-refractivity contribution is -0.117. The molecular weight excluding hydrogens is 302 g/mol. The van der Waals surface area contributed by atoms with Gasteiger partial charge in [-0.15, -0.1) is 12.4 Å². The lowest BCUT2D eigenvalue weighted by atomic mass is 9.84. The van der Waals surface area contributed by atoms with E-state index in [4.69, 9.17) is 5.73 Å². The predicted octanol–water partition coefficient (Wildman–Crippen LogP) is 2.17. The van der Waals surface area contributed by atoms with Crippen molar-refractivity contribution in [1.29, 1.82) is 0 Å². The summed E-state index contributed by atoms with van der Waals surface area (Å²) in [7, 11) is 0. The van der Waals surface area contributed by atoms with Crippen molar-refractivity contribution in [1.82, 2.24) is 5.32 Å². The molecule has 0 saturated carbocycles. The van der Waals surface area contributed by atoms with Crippen molar-refractivity contribution in [3.8, 4) is 0 Å². The Hall–Kier alpha value is -1.59. The van der Waals surface area contributed by atoms with Gasteiger partial charge in [-0.1, -0.05) is 19.1 Å². The van der Waals surface area contributed by atoms with E-state index < -0.39 is 5.91 Å². The van der Waals surface area contributed by atoms with Crippen LogP contribution in [0.5, 0.6) is 0 Å². The van der Waals surface area contributed by atoms with Crippen LogP contribution in [0.2, 0.25) is 0 Å². The standard InChI is InChI=1S/C16H23N3O2.ClH/c1-11(12-6-8-18-9-7-12)10-15(20)19-14-5-3-2-4-13(14)16(17)21;/h2-5,11-12,18H,6-10H2,1H3,(H2,17,21)(H,19,20);1H. The number of primary amides is 1. The fourth-order valence-electron chi connectivity index (χ4n) is 2.88. The maximum atomic E-state index is 12.2. The van der Waals surface area contributed by atoms with Gasteiger partial charge in [0.05, 0.1) is 11.3 Å². The van der Waals surface area contributed by atoms with Gasteiger partial charge >= 0.3 is 0 Å². The molecule has 2 rings (SSSR count). The largest absolute Gasteiger partial charge is 0.366 e. The molecule has 1 aliphatic rings. The highest BCUT2D eigenvalue weighted by Gasteiger charge is 2.22. The molecule has 1 heterocycles. The average Bonchev–Trinajstić information content (AvgIpc) is 2.48. The van der Waals surface area contributed by atoms with Crippen molar-refractivity contribution in [3.63, 3.8) is 0 Å². The molecule has 22 heavy (non-hydrogen) atoms. The van der Waals surface area contributed by atoms with E-state index in [1.165, 1.54) is 0 Å². The smallest absolute Gasteiger partial charge is 0.250 e. The fraction of sp³-hybridized carbons (Fsp3) is 0.500. The molecule has 2 amide bonds. The van der Waals surface area contributed by atoms with Crippen LogP contribution in [0.25, 0.3) is 0 Å². The Bertz CT molecular complexity index is 516. The van der Waals surface area contributed by atoms with E-state index in [2.05, 4.69) is 17.6 Å². The van der Waals surface area contributed by atoms with Crippen LogP contribution in [-0.2, 0) is 4.79 Å². The lowest BCUT2D eigenvalue weighted by Crippen LogP contribution is -2.32. The maximum Gasteiger partial charge on any atom is 0.250 e. The Balaban J connectivity index is 0.00000242. The van der Waals surface area contributed by atoms with E-state index in [1.54, 1.807) is 24.3 Å². The average molecular weight is 326 g/mol. The molecular formula is C16H24ClN3O2. The minimum Gasteiger partial charge on any atom is -0.366 e. The number of halogens is 1. The third-order valence-electron chi connectivity index (χ3n) is 4.16. The van der Waals surface area contributed by atoms with Crippen LogP contribution in [0.3, 0.4) is 0 Å². The van der Waals surface area contributed by atoms with Crippen LogP contribution in [0, 0.1) is 11.8 Å². The van der Waals surface area contributed by atoms with E-state index in [0.29, 0.717) is 29.5 Å². The zero-order chi connectivity index (χ0) is 15.2. The van der Waals surface area contributed by atoms with E-state index in [-0.39, 0.29) is 18.3 Å². The molecule has 1 unspecified atom stereocenters. The number of nitrogens with two attached hydrogens (primary N) is 1. The first-order valence-electron chi connectivity index (χ1n) is 7.47. The molecule has 0 bridgehead atoms. The highest BCUT2D eigenvalue weighted by Crippen LogP contribution is 2.25. The Morgan fingerprint density at radius 3 is 2.59 bits per heavy atom. The van der Waals surface area contributed by atoms with E-state index in [1.807, 2.05) is 0 Å².